The molecule has 0 atom stereocenters. The van der Waals surface area contributed by atoms with Crippen LogP contribution in [0.4, 0.5) is 10.1 Å². The number of aliphatic imine (C=N–C) groups is 1. The predicted octanol–water partition coefficient (Wildman–Crippen LogP) is 5.12. The summed E-state index contributed by atoms with van der Waals surface area (Å²) in [5.74, 6) is 0.944. The summed E-state index contributed by atoms with van der Waals surface area (Å²) in [6.07, 6.45) is 2.63. The van der Waals surface area contributed by atoms with E-state index in [-0.39, 0.29) is 29.8 Å². The van der Waals surface area contributed by atoms with Crippen molar-refractivity contribution < 1.29 is 9.13 Å². The van der Waals surface area contributed by atoms with Crippen LogP contribution in [0.15, 0.2) is 71.9 Å². The Morgan fingerprint density at radius 2 is 1.79 bits per heavy atom. The van der Waals surface area contributed by atoms with Gasteiger partial charge in [0.15, 0.2) is 5.96 Å². The lowest BCUT2D eigenvalue weighted by molar-refractivity contribution is 0.460. The van der Waals surface area contributed by atoms with Crippen molar-refractivity contribution in [3.8, 4) is 11.6 Å². The molecule has 0 saturated heterocycles. The van der Waals surface area contributed by atoms with Gasteiger partial charge in [0.25, 0.3) is 0 Å². The molecule has 7 heteroatoms. The summed E-state index contributed by atoms with van der Waals surface area (Å²) in [5.41, 5.74) is 9.01. The summed E-state index contributed by atoms with van der Waals surface area (Å²) < 4.78 is 18.6. The zero-order valence-electron chi connectivity index (χ0n) is 15.4. The molecule has 0 spiro atoms. The van der Waals surface area contributed by atoms with E-state index in [1.165, 1.54) is 17.7 Å². The normalized spacial score (nSPS) is 10.9. The maximum absolute atomic E-state index is 13.0. The maximum Gasteiger partial charge on any atom is 0.219 e. The van der Waals surface area contributed by atoms with E-state index < -0.39 is 0 Å². The van der Waals surface area contributed by atoms with Gasteiger partial charge in [-0.2, -0.15) is 0 Å². The van der Waals surface area contributed by atoms with Gasteiger partial charge >= 0.3 is 0 Å². The minimum atomic E-state index is -0.314. The number of ether oxygens (including phenoxy) is 1. The van der Waals surface area contributed by atoms with Crippen LogP contribution in [0.3, 0.4) is 0 Å². The highest BCUT2D eigenvalue weighted by Gasteiger charge is 2.02. The molecule has 5 nitrogen and oxygen atoms in total. The molecule has 0 radical (unpaired) electrons. The number of rotatable bonds is 6. The number of aromatic nitrogens is 1. The summed E-state index contributed by atoms with van der Waals surface area (Å²) in [4.78, 5) is 8.50. The molecule has 3 N–H and O–H groups in total. The summed E-state index contributed by atoms with van der Waals surface area (Å²) in [5, 5.41) is 3.07. The number of hydrogen-bond donors (Lipinski definition) is 2. The maximum atomic E-state index is 13.0. The van der Waals surface area contributed by atoms with E-state index in [1.54, 1.807) is 24.4 Å². The zero-order valence-corrected chi connectivity index (χ0v) is 17.8. The molecule has 0 bridgehead atoms. The standard InChI is InChI=1S/C21H21FN4O.HI/c1-2-15-3-7-18(8-4-15)26-21(23)25-14-16-11-12-24-20(13-16)27-19-9-5-17(22)6-10-19;/h3-13H,2,14H2,1H3,(H3,23,25,26);1H. The van der Waals surface area contributed by atoms with E-state index in [9.17, 15) is 4.39 Å². The topological polar surface area (TPSA) is 72.5 Å². The molecular formula is C21H22FIN4O. The summed E-state index contributed by atoms with van der Waals surface area (Å²) in [6.45, 7) is 2.50. The van der Waals surface area contributed by atoms with Crippen LogP contribution in [0.2, 0.25) is 0 Å². The molecule has 3 aromatic rings. The highest BCUT2D eigenvalue weighted by atomic mass is 127. The second-order valence-electron chi connectivity index (χ2n) is 5.94. The molecule has 0 aliphatic rings. The minimum absolute atomic E-state index is 0. The quantitative estimate of drug-likeness (QED) is 0.285. The Hall–Kier alpha value is -2.68. The van der Waals surface area contributed by atoms with E-state index in [2.05, 4.69) is 34.3 Å². The van der Waals surface area contributed by atoms with Crippen LogP contribution in [0.1, 0.15) is 18.1 Å². The van der Waals surface area contributed by atoms with Gasteiger partial charge in [-0.3, -0.25) is 0 Å². The summed E-state index contributed by atoms with van der Waals surface area (Å²) >= 11 is 0. The second-order valence-corrected chi connectivity index (χ2v) is 5.94. The average molecular weight is 492 g/mol. The molecule has 0 unspecified atom stereocenters. The Bertz CT molecular complexity index is 914. The number of nitrogens with two attached hydrogens (primary N) is 1. The van der Waals surface area contributed by atoms with Gasteiger partial charge in [0.05, 0.1) is 6.54 Å². The second kappa shape index (κ2) is 10.6. The van der Waals surface area contributed by atoms with Gasteiger partial charge in [0.1, 0.15) is 11.6 Å². The van der Waals surface area contributed by atoms with Crippen molar-refractivity contribution in [2.45, 2.75) is 19.9 Å². The van der Waals surface area contributed by atoms with Crippen LogP contribution in [-0.4, -0.2) is 10.9 Å². The number of benzene rings is 2. The van der Waals surface area contributed by atoms with Crippen molar-refractivity contribution in [2.75, 3.05) is 5.32 Å². The third kappa shape index (κ3) is 6.49. The van der Waals surface area contributed by atoms with Gasteiger partial charge in [-0.25, -0.2) is 14.4 Å². The summed E-state index contributed by atoms with van der Waals surface area (Å²) in [7, 11) is 0. The third-order valence-electron chi connectivity index (χ3n) is 3.90. The van der Waals surface area contributed by atoms with Crippen molar-refractivity contribution in [1.82, 2.24) is 4.98 Å². The molecule has 1 aromatic heterocycles. The van der Waals surface area contributed by atoms with E-state index in [4.69, 9.17) is 10.5 Å². The number of guanidine groups is 1. The Morgan fingerprint density at radius 3 is 2.46 bits per heavy atom. The zero-order chi connectivity index (χ0) is 19.1. The SMILES string of the molecule is CCc1ccc(NC(N)=NCc2ccnc(Oc3ccc(F)cc3)c2)cc1.I. The fraction of sp³-hybridized carbons (Fsp3) is 0.143. The van der Waals surface area contributed by atoms with Gasteiger partial charge in [-0.1, -0.05) is 19.1 Å². The lowest BCUT2D eigenvalue weighted by Gasteiger charge is -2.07. The first kappa shape index (κ1) is 21.6. The third-order valence-corrected chi connectivity index (χ3v) is 3.90. The first-order chi connectivity index (χ1) is 13.1. The van der Waals surface area contributed by atoms with Gasteiger partial charge in [-0.05, 0) is 60.0 Å². The van der Waals surface area contributed by atoms with Crippen LogP contribution >= 0.6 is 24.0 Å². The van der Waals surface area contributed by atoms with Crippen LogP contribution in [0.25, 0.3) is 0 Å². The Kier molecular flexibility index (Phi) is 8.19. The molecule has 0 saturated carbocycles. The molecule has 0 fully saturated rings. The number of halogens is 2. The van der Waals surface area contributed by atoms with Crippen LogP contribution < -0.4 is 15.8 Å². The lowest BCUT2D eigenvalue weighted by atomic mass is 10.1. The number of aryl methyl sites for hydroxylation is 1. The first-order valence-corrected chi connectivity index (χ1v) is 8.66. The molecule has 1 heterocycles. The fourth-order valence-electron chi connectivity index (χ4n) is 2.42. The van der Waals surface area contributed by atoms with Crippen molar-refractivity contribution in [3.05, 3.63) is 83.8 Å². The molecule has 2 aromatic carbocycles. The monoisotopic (exact) mass is 492 g/mol. The minimum Gasteiger partial charge on any atom is -0.439 e. The fourth-order valence-corrected chi connectivity index (χ4v) is 2.42. The van der Waals surface area contributed by atoms with Gasteiger partial charge < -0.3 is 15.8 Å². The molecule has 28 heavy (non-hydrogen) atoms. The smallest absolute Gasteiger partial charge is 0.219 e. The number of hydrogen-bond acceptors (Lipinski definition) is 3. The molecule has 0 amide bonds. The van der Waals surface area contributed by atoms with E-state index >= 15 is 0 Å². The molecule has 0 aliphatic heterocycles. The number of nitrogens with zero attached hydrogens (tertiary/aromatic N) is 2. The highest BCUT2D eigenvalue weighted by Crippen LogP contribution is 2.20. The highest BCUT2D eigenvalue weighted by molar-refractivity contribution is 14.0. The van der Waals surface area contributed by atoms with Crippen LogP contribution in [-0.2, 0) is 13.0 Å². The number of anilines is 1. The van der Waals surface area contributed by atoms with Crippen LogP contribution in [0, 0.1) is 5.82 Å². The summed E-state index contributed by atoms with van der Waals surface area (Å²) in [6, 6.07) is 17.4. The van der Waals surface area contributed by atoms with E-state index in [1.807, 2.05) is 18.2 Å². The molecule has 0 aliphatic carbocycles. The number of nitrogens with one attached hydrogen (secondary N) is 1. The first-order valence-electron chi connectivity index (χ1n) is 8.66. The molecule has 146 valence electrons. The number of pyridine rings is 1. The Morgan fingerprint density at radius 1 is 1.07 bits per heavy atom. The van der Waals surface area contributed by atoms with Crippen molar-refractivity contribution >= 4 is 35.6 Å². The van der Waals surface area contributed by atoms with Gasteiger partial charge in [-0.15, -0.1) is 24.0 Å². The largest absolute Gasteiger partial charge is 0.439 e. The lowest BCUT2D eigenvalue weighted by Crippen LogP contribution is -2.22. The van der Waals surface area contributed by atoms with Gasteiger partial charge in [0.2, 0.25) is 5.88 Å². The van der Waals surface area contributed by atoms with E-state index in [0.29, 0.717) is 24.1 Å². The molecular weight excluding hydrogens is 470 g/mol. The van der Waals surface area contributed by atoms with Crippen molar-refractivity contribution in [1.29, 1.82) is 0 Å². The Balaban J connectivity index is 0.00000280. The van der Waals surface area contributed by atoms with Crippen molar-refractivity contribution in [2.24, 2.45) is 10.7 Å². The van der Waals surface area contributed by atoms with E-state index in [0.717, 1.165) is 17.7 Å². The molecule has 3 rings (SSSR count). The van der Waals surface area contributed by atoms with Crippen LogP contribution in [0.5, 0.6) is 11.6 Å². The Labute approximate surface area is 180 Å². The van der Waals surface area contributed by atoms with Gasteiger partial charge in [0, 0.05) is 18.0 Å². The van der Waals surface area contributed by atoms with Crippen molar-refractivity contribution in [3.63, 3.8) is 0 Å². The predicted molar refractivity (Wildman–Crippen MR) is 121 cm³/mol. The average Bonchev–Trinajstić information content (AvgIpc) is 2.69.